The van der Waals surface area contributed by atoms with Crippen LogP contribution in [0.4, 0.5) is 0 Å². The normalized spacial score (nSPS) is 24.2. The molecular weight excluding hydrogens is 174 g/mol. The maximum Gasteiger partial charge on any atom is 0.0524 e. The summed E-state index contributed by atoms with van der Waals surface area (Å²) in [7, 11) is 0. The van der Waals surface area contributed by atoms with E-state index in [-0.39, 0.29) is 6.10 Å². The van der Waals surface area contributed by atoms with Crippen molar-refractivity contribution in [1.29, 1.82) is 0 Å². The van der Waals surface area contributed by atoms with Crippen LogP contribution in [0.2, 0.25) is 0 Å². The largest absolute Gasteiger partial charge is 0.393 e. The standard InChI is InChI=1S/C12H23NO/c1-9(14)6-7-13-8-12(10-2-3-10)11-4-5-11/h9-14H,2-8H2,1H3. The summed E-state index contributed by atoms with van der Waals surface area (Å²) in [6.45, 7) is 4.04. The van der Waals surface area contributed by atoms with Crippen molar-refractivity contribution < 1.29 is 5.11 Å². The number of hydrogen-bond donors (Lipinski definition) is 2. The van der Waals surface area contributed by atoms with Crippen LogP contribution in [0.1, 0.15) is 39.0 Å². The van der Waals surface area contributed by atoms with Gasteiger partial charge in [0, 0.05) is 0 Å². The van der Waals surface area contributed by atoms with Crippen LogP contribution in [0.5, 0.6) is 0 Å². The lowest BCUT2D eigenvalue weighted by Crippen LogP contribution is -2.27. The van der Waals surface area contributed by atoms with E-state index in [1.54, 1.807) is 0 Å². The summed E-state index contributed by atoms with van der Waals surface area (Å²) in [5, 5.41) is 12.6. The van der Waals surface area contributed by atoms with Gasteiger partial charge in [0.1, 0.15) is 0 Å². The van der Waals surface area contributed by atoms with Gasteiger partial charge in [-0.2, -0.15) is 0 Å². The molecule has 0 aromatic rings. The molecule has 0 amide bonds. The average Bonchev–Trinajstić information content (AvgIpc) is 2.99. The molecule has 2 rings (SSSR count). The van der Waals surface area contributed by atoms with Crippen LogP contribution >= 0.6 is 0 Å². The van der Waals surface area contributed by atoms with E-state index < -0.39 is 0 Å². The minimum absolute atomic E-state index is 0.150. The topological polar surface area (TPSA) is 32.3 Å². The molecule has 0 spiro atoms. The second-order valence-corrected chi connectivity index (χ2v) is 5.18. The molecule has 2 saturated carbocycles. The second-order valence-electron chi connectivity index (χ2n) is 5.18. The highest BCUT2D eigenvalue weighted by Crippen LogP contribution is 2.48. The first-order chi connectivity index (χ1) is 6.77. The maximum atomic E-state index is 9.12. The molecule has 0 saturated heterocycles. The number of aliphatic hydroxyl groups excluding tert-OH is 1. The Labute approximate surface area is 87.1 Å². The number of rotatable bonds is 7. The van der Waals surface area contributed by atoms with E-state index in [0.29, 0.717) is 0 Å². The van der Waals surface area contributed by atoms with Gasteiger partial charge in [0.2, 0.25) is 0 Å². The summed E-state index contributed by atoms with van der Waals surface area (Å²) in [4.78, 5) is 0. The molecule has 0 radical (unpaired) electrons. The van der Waals surface area contributed by atoms with Crippen molar-refractivity contribution in [2.24, 2.45) is 17.8 Å². The van der Waals surface area contributed by atoms with Crippen molar-refractivity contribution in [2.45, 2.75) is 45.1 Å². The monoisotopic (exact) mass is 197 g/mol. The van der Waals surface area contributed by atoms with Crippen LogP contribution in [0.15, 0.2) is 0 Å². The Kier molecular flexibility index (Phi) is 3.45. The predicted molar refractivity (Wildman–Crippen MR) is 58.1 cm³/mol. The van der Waals surface area contributed by atoms with E-state index in [4.69, 9.17) is 5.11 Å². The molecule has 0 aliphatic heterocycles. The van der Waals surface area contributed by atoms with E-state index in [1.807, 2.05) is 6.92 Å². The molecule has 2 N–H and O–H groups in total. The third-order valence-corrected chi connectivity index (χ3v) is 3.57. The van der Waals surface area contributed by atoms with Gasteiger partial charge in [0.25, 0.3) is 0 Å². The van der Waals surface area contributed by atoms with Crippen molar-refractivity contribution in [1.82, 2.24) is 5.32 Å². The molecule has 2 fully saturated rings. The molecule has 0 aromatic carbocycles. The van der Waals surface area contributed by atoms with Crippen LogP contribution < -0.4 is 5.32 Å². The van der Waals surface area contributed by atoms with Crippen LogP contribution in [-0.2, 0) is 0 Å². The molecule has 14 heavy (non-hydrogen) atoms. The summed E-state index contributed by atoms with van der Waals surface area (Å²) < 4.78 is 0. The van der Waals surface area contributed by atoms with E-state index in [9.17, 15) is 0 Å². The van der Waals surface area contributed by atoms with Crippen LogP contribution in [0.3, 0.4) is 0 Å². The zero-order chi connectivity index (χ0) is 9.97. The fourth-order valence-corrected chi connectivity index (χ4v) is 2.35. The first-order valence-electron chi connectivity index (χ1n) is 6.16. The van der Waals surface area contributed by atoms with Gasteiger partial charge in [-0.05, 0) is 69.9 Å². The lowest BCUT2D eigenvalue weighted by molar-refractivity contribution is 0.182. The summed E-state index contributed by atoms with van der Waals surface area (Å²) in [6.07, 6.45) is 6.63. The molecule has 2 aliphatic carbocycles. The smallest absolute Gasteiger partial charge is 0.0524 e. The highest BCUT2D eigenvalue weighted by molar-refractivity contribution is 4.92. The number of aliphatic hydroxyl groups is 1. The molecule has 2 nitrogen and oxygen atoms in total. The highest BCUT2D eigenvalue weighted by atomic mass is 16.3. The van der Waals surface area contributed by atoms with Crippen molar-refractivity contribution in [3.63, 3.8) is 0 Å². The Morgan fingerprint density at radius 3 is 2.21 bits per heavy atom. The van der Waals surface area contributed by atoms with Gasteiger partial charge in [-0.1, -0.05) is 0 Å². The van der Waals surface area contributed by atoms with Crippen molar-refractivity contribution in [3.05, 3.63) is 0 Å². The third kappa shape index (κ3) is 3.25. The molecule has 1 atom stereocenters. The summed E-state index contributed by atoms with van der Waals surface area (Å²) >= 11 is 0. The minimum Gasteiger partial charge on any atom is -0.393 e. The molecule has 2 aliphatic rings. The van der Waals surface area contributed by atoms with Crippen LogP contribution in [0, 0.1) is 17.8 Å². The Bertz CT molecular complexity index is 161. The van der Waals surface area contributed by atoms with Gasteiger partial charge < -0.3 is 10.4 Å². The zero-order valence-corrected chi connectivity index (χ0v) is 9.21. The fraction of sp³-hybridized carbons (Fsp3) is 1.00. The van der Waals surface area contributed by atoms with Gasteiger partial charge in [0.05, 0.1) is 6.10 Å². The van der Waals surface area contributed by atoms with Gasteiger partial charge in [-0.3, -0.25) is 0 Å². The molecule has 1 unspecified atom stereocenters. The first-order valence-corrected chi connectivity index (χ1v) is 6.16. The van der Waals surface area contributed by atoms with E-state index in [0.717, 1.165) is 30.7 Å². The van der Waals surface area contributed by atoms with E-state index in [1.165, 1.54) is 32.2 Å². The van der Waals surface area contributed by atoms with Gasteiger partial charge >= 0.3 is 0 Å². The van der Waals surface area contributed by atoms with E-state index >= 15 is 0 Å². The Hall–Kier alpha value is -0.0800. The van der Waals surface area contributed by atoms with Crippen molar-refractivity contribution >= 4 is 0 Å². The van der Waals surface area contributed by atoms with Crippen LogP contribution in [0.25, 0.3) is 0 Å². The summed E-state index contributed by atoms with van der Waals surface area (Å²) in [6, 6.07) is 0. The highest BCUT2D eigenvalue weighted by Gasteiger charge is 2.40. The minimum atomic E-state index is -0.150. The first kappa shape index (κ1) is 10.4. The SMILES string of the molecule is CC(O)CCNCC(C1CC1)C1CC1. The Morgan fingerprint density at radius 1 is 1.21 bits per heavy atom. The molecule has 2 heteroatoms. The Morgan fingerprint density at radius 2 is 1.79 bits per heavy atom. The van der Waals surface area contributed by atoms with E-state index in [2.05, 4.69) is 5.32 Å². The number of hydrogen-bond acceptors (Lipinski definition) is 2. The zero-order valence-electron chi connectivity index (χ0n) is 9.21. The number of nitrogens with one attached hydrogen (secondary N) is 1. The molecular formula is C12H23NO. The fourth-order valence-electron chi connectivity index (χ4n) is 2.35. The van der Waals surface area contributed by atoms with Crippen molar-refractivity contribution in [2.75, 3.05) is 13.1 Å². The van der Waals surface area contributed by atoms with Gasteiger partial charge in [-0.25, -0.2) is 0 Å². The second kappa shape index (κ2) is 4.63. The van der Waals surface area contributed by atoms with Gasteiger partial charge in [0.15, 0.2) is 0 Å². The average molecular weight is 197 g/mol. The molecule has 0 aromatic heterocycles. The third-order valence-electron chi connectivity index (χ3n) is 3.57. The lowest BCUT2D eigenvalue weighted by Gasteiger charge is -2.16. The quantitative estimate of drug-likeness (QED) is 0.610. The van der Waals surface area contributed by atoms with Crippen LogP contribution in [-0.4, -0.2) is 24.3 Å². The summed E-state index contributed by atoms with van der Waals surface area (Å²) in [5.41, 5.74) is 0. The predicted octanol–water partition coefficient (Wildman–Crippen LogP) is 1.78. The van der Waals surface area contributed by atoms with Gasteiger partial charge in [-0.15, -0.1) is 0 Å². The Balaban J connectivity index is 1.57. The molecule has 0 bridgehead atoms. The maximum absolute atomic E-state index is 9.12. The lowest BCUT2D eigenvalue weighted by atomic mass is 9.98. The van der Waals surface area contributed by atoms with Crippen molar-refractivity contribution in [3.8, 4) is 0 Å². The molecule has 0 heterocycles. The molecule has 82 valence electrons. The summed E-state index contributed by atoms with van der Waals surface area (Å²) in [5.74, 6) is 3.05.